The zero-order chi connectivity index (χ0) is 18.8. The summed E-state index contributed by atoms with van der Waals surface area (Å²) in [6, 6.07) is 7.94. The van der Waals surface area contributed by atoms with Crippen LogP contribution in [0.2, 0.25) is 5.02 Å². The fourth-order valence-corrected chi connectivity index (χ4v) is 3.37. The molecule has 3 aromatic rings. The van der Waals surface area contributed by atoms with Gasteiger partial charge in [-0.25, -0.2) is 9.97 Å². The first-order valence-corrected chi connectivity index (χ1v) is 9.06. The van der Waals surface area contributed by atoms with E-state index in [1.165, 1.54) is 6.92 Å². The van der Waals surface area contributed by atoms with E-state index in [1.807, 2.05) is 31.2 Å². The zero-order valence-electron chi connectivity index (χ0n) is 15.5. The largest absolute Gasteiger partial charge is 0.466 e. The van der Waals surface area contributed by atoms with Crippen molar-refractivity contribution < 1.29 is 9.53 Å². The van der Waals surface area contributed by atoms with Gasteiger partial charge in [-0.1, -0.05) is 24.6 Å². The van der Waals surface area contributed by atoms with E-state index < -0.39 is 0 Å². The minimum Gasteiger partial charge on any atom is -0.466 e. The molecule has 0 amide bonds. The zero-order valence-corrected chi connectivity index (χ0v) is 16.2. The fourth-order valence-electron chi connectivity index (χ4n) is 3.10. The molecule has 26 heavy (non-hydrogen) atoms. The molecule has 0 N–H and O–H groups in total. The number of esters is 1. The van der Waals surface area contributed by atoms with Crippen molar-refractivity contribution in [1.29, 1.82) is 0 Å². The number of rotatable bonds is 5. The fraction of sp³-hybridized carbons (Fsp3) is 0.350. The minimum atomic E-state index is -0.285. The number of ether oxygens (including phenoxy) is 1. The van der Waals surface area contributed by atoms with Crippen molar-refractivity contribution in [2.75, 3.05) is 6.61 Å². The van der Waals surface area contributed by atoms with Gasteiger partial charge in [0, 0.05) is 30.5 Å². The van der Waals surface area contributed by atoms with Gasteiger partial charge >= 0.3 is 5.97 Å². The lowest BCUT2D eigenvalue weighted by atomic mass is 10.1. The Kier molecular flexibility index (Phi) is 5.28. The number of nitrogens with zero attached hydrogens (tertiary/aromatic N) is 3. The Morgan fingerprint density at radius 3 is 2.65 bits per heavy atom. The van der Waals surface area contributed by atoms with Crippen LogP contribution in [0.3, 0.4) is 0 Å². The van der Waals surface area contributed by atoms with E-state index >= 15 is 0 Å². The second kappa shape index (κ2) is 7.46. The molecule has 0 aliphatic heterocycles. The summed E-state index contributed by atoms with van der Waals surface area (Å²) < 4.78 is 7.07. The SMILES string of the molecule is CCc1nc2c(C)cc(C)nc2n1-c1ccc(CCOC(C)=O)c(Cl)c1. The van der Waals surface area contributed by atoms with Crippen molar-refractivity contribution in [1.82, 2.24) is 14.5 Å². The summed E-state index contributed by atoms with van der Waals surface area (Å²) in [5, 5.41) is 0.642. The Balaban J connectivity index is 2.03. The molecule has 0 atom stereocenters. The highest BCUT2D eigenvalue weighted by Crippen LogP contribution is 2.27. The molecule has 0 unspecified atom stereocenters. The Labute approximate surface area is 158 Å². The van der Waals surface area contributed by atoms with E-state index in [0.29, 0.717) is 18.1 Å². The number of aryl methyl sites for hydroxylation is 3. The highest BCUT2D eigenvalue weighted by molar-refractivity contribution is 6.31. The summed E-state index contributed by atoms with van der Waals surface area (Å²) in [5.41, 5.74) is 5.72. The molecule has 0 spiro atoms. The summed E-state index contributed by atoms with van der Waals surface area (Å²) in [4.78, 5) is 20.4. The smallest absolute Gasteiger partial charge is 0.302 e. The van der Waals surface area contributed by atoms with Gasteiger partial charge in [0.05, 0.1) is 12.3 Å². The number of halogens is 1. The quantitative estimate of drug-likeness (QED) is 0.625. The molecular formula is C20H22ClN3O2. The lowest BCUT2D eigenvalue weighted by molar-refractivity contribution is -0.140. The number of carbonyl (C=O) groups is 1. The summed E-state index contributed by atoms with van der Waals surface area (Å²) >= 11 is 6.48. The van der Waals surface area contributed by atoms with Crippen LogP contribution in [0.5, 0.6) is 0 Å². The van der Waals surface area contributed by atoms with Crippen LogP contribution in [0, 0.1) is 13.8 Å². The highest BCUT2D eigenvalue weighted by Gasteiger charge is 2.15. The topological polar surface area (TPSA) is 57.0 Å². The average Bonchev–Trinajstić information content (AvgIpc) is 2.94. The maximum absolute atomic E-state index is 10.9. The maximum Gasteiger partial charge on any atom is 0.302 e. The van der Waals surface area contributed by atoms with Crippen LogP contribution in [0.1, 0.15) is 36.5 Å². The van der Waals surface area contributed by atoms with E-state index in [4.69, 9.17) is 26.3 Å². The van der Waals surface area contributed by atoms with Gasteiger partial charge in [-0.2, -0.15) is 0 Å². The average molecular weight is 372 g/mol. The second-order valence-corrected chi connectivity index (χ2v) is 6.74. The van der Waals surface area contributed by atoms with E-state index in [9.17, 15) is 4.79 Å². The molecule has 0 saturated heterocycles. The summed E-state index contributed by atoms with van der Waals surface area (Å²) in [5.74, 6) is 0.664. The maximum atomic E-state index is 10.9. The summed E-state index contributed by atoms with van der Waals surface area (Å²) in [6.07, 6.45) is 1.38. The summed E-state index contributed by atoms with van der Waals surface area (Å²) in [6.45, 7) is 7.84. The molecule has 0 aliphatic rings. The molecule has 1 aromatic carbocycles. The van der Waals surface area contributed by atoms with Crippen LogP contribution in [0.15, 0.2) is 24.3 Å². The Morgan fingerprint density at radius 1 is 1.23 bits per heavy atom. The molecule has 0 fully saturated rings. The molecular weight excluding hydrogens is 350 g/mol. The number of hydrogen-bond acceptors (Lipinski definition) is 4. The third kappa shape index (κ3) is 3.58. The standard InChI is InChI=1S/C20H22ClN3O2/c1-5-18-23-19-12(2)10-13(3)22-20(19)24(18)16-7-6-15(17(21)11-16)8-9-26-14(4)25/h6-7,10-11H,5,8-9H2,1-4H3. The van der Waals surface area contributed by atoms with Crippen molar-refractivity contribution in [3.8, 4) is 5.69 Å². The Hall–Kier alpha value is -2.40. The van der Waals surface area contributed by atoms with Gasteiger partial charge in [0.25, 0.3) is 0 Å². The van der Waals surface area contributed by atoms with Crippen molar-refractivity contribution in [2.45, 2.75) is 40.5 Å². The second-order valence-electron chi connectivity index (χ2n) is 6.34. The molecule has 0 aliphatic carbocycles. The predicted octanol–water partition coefficient (Wildman–Crippen LogP) is 4.36. The number of pyridine rings is 1. The number of fused-ring (bicyclic) bond motifs is 1. The van der Waals surface area contributed by atoms with E-state index in [0.717, 1.165) is 45.9 Å². The van der Waals surface area contributed by atoms with Crippen molar-refractivity contribution >= 4 is 28.7 Å². The van der Waals surface area contributed by atoms with E-state index in [-0.39, 0.29) is 5.97 Å². The molecule has 0 saturated carbocycles. The first-order chi connectivity index (χ1) is 12.4. The Morgan fingerprint density at radius 2 is 2.00 bits per heavy atom. The lowest BCUT2D eigenvalue weighted by Crippen LogP contribution is -2.05. The molecule has 0 bridgehead atoms. The van der Waals surface area contributed by atoms with Crippen molar-refractivity contribution in [3.63, 3.8) is 0 Å². The number of hydrogen-bond donors (Lipinski definition) is 0. The summed E-state index contributed by atoms with van der Waals surface area (Å²) in [7, 11) is 0. The van der Waals surface area contributed by atoms with Gasteiger partial charge in [-0.3, -0.25) is 9.36 Å². The minimum absolute atomic E-state index is 0.285. The molecule has 3 rings (SSSR count). The molecule has 136 valence electrons. The van der Waals surface area contributed by atoms with Crippen LogP contribution in [-0.2, 0) is 22.4 Å². The predicted molar refractivity (Wildman–Crippen MR) is 103 cm³/mol. The highest BCUT2D eigenvalue weighted by atomic mass is 35.5. The molecule has 6 heteroatoms. The molecule has 2 heterocycles. The van der Waals surface area contributed by atoms with Crippen LogP contribution in [0.4, 0.5) is 0 Å². The van der Waals surface area contributed by atoms with Gasteiger partial charge in [-0.05, 0) is 43.2 Å². The number of imidazole rings is 1. The number of benzene rings is 1. The molecule has 2 aromatic heterocycles. The van der Waals surface area contributed by atoms with E-state index in [2.05, 4.69) is 18.4 Å². The molecule has 0 radical (unpaired) electrons. The van der Waals surface area contributed by atoms with Crippen LogP contribution in [-0.4, -0.2) is 27.1 Å². The van der Waals surface area contributed by atoms with E-state index in [1.54, 1.807) is 0 Å². The number of aromatic nitrogens is 3. The van der Waals surface area contributed by atoms with Crippen molar-refractivity contribution in [2.24, 2.45) is 0 Å². The monoisotopic (exact) mass is 371 g/mol. The first kappa shape index (κ1) is 18.4. The first-order valence-electron chi connectivity index (χ1n) is 8.68. The number of carbonyl (C=O) groups excluding carboxylic acids is 1. The lowest BCUT2D eigenvalue weighted by Gasteiger charge is -2.11. The van der Waals surface area contributed by atoms with Crippen LogP contribution < -0.4 is 0 Å². The van der Waals surface area contributed by atoms with Gasteiger partial charge < -0.3 is 4.74 Å². The van der Waals surface area contributed by atoms with Gasteiger partial charge in [0.1, 0.15) is 11.3 Å². The van der Waals surface area contributed by atoms with Crippen LogP contribution in [0.25, 0.3) is 16.9 Å². The van der Waals surface area contributed by atoms with Gasteiger partial charge in [0.15, 0.2) is 5.65 Å². The van der Waals surface area contributed by atoms with Gasteiger partial charge in [0.2, 0.25) is 0 Å². The van der Waals surface area contributed by atoms with Crippen LogP contribution >= 0.6 is 11.6 Å². The third-order valence-electron chi connectivity index (χ3n) is 4.29. The molecule has 5 nitrogen and oxygen atoms in total. The third-order valence-corrected chi connectivity index (χ3v) is 4.64. The normalized spacial score (nSPS) is 11.1. The van der Waals surface area contributed by atoms with Gasteiger partial charge in [-0.15, -0.1) is 0 Å². The van der Waals surface area contributed by atoms with Crippen molar-refractivity contribution in [3.05, 3.63) is 51.9 Å². The Bertz CT molecular complexity index is 979.